The average molecular weight is 235 g/mol. The summed E-state index contributed by atoms with van der Waals surface area (Å²) in [6, 6.07) is 0. The first-order valence-corrected chi connectivity index (χ1v) is 6.15. The summed E-state index contributed by atoms with van der Waals surface area (Å²) in [6.45, 7) is 2.95. The van der Waals surface area contributed by atoms with E-state index in [1.807, 2.05) is 0 Å². The van der Waals surface area contributed by atoms with Gasteiger partial charge in [-0.25, -0.2) is 0 Å². The van der Waals surface area contributed by atoms with Gasteiger partial charge in [0.05, 0.1) is 5.60 Å². The first-order valence-electron chi connectivity index (χ1n) is 5.03. The summed E-state index contributed by atoms with van der Waals surface area (Å²) >= 11 is 3.58. The van der Waals surface area contributed by atoms with Gasteiger partial charge in [-0.1, -0.05) is 41.6 Å². The molecule has 0 saturated heterocycles. The largest absolute Gasteiger partial charge is 0.374 e. The Balaban J connectivity index is 2.48. The van der Waals surface area contributed by atoms with Crippen molar-refractivity contribution in [2.45, 2.75) is 51.0 Å². The smallest absolute Gasteiger partial charge is 0.0778 e. The fourth-order valence-electron chi connectivity index (χ4n) is 2.00. The zero-order valence-corrected chi connectivity index (χ0v) is 9.53. The number of hydrogen-bond donors (Lipinski definition) is 0. The van der Waals surface area contributed by atoms with Crippen molar-refractivity contribution in [3.8, 4) is 0 Å². The van der Waals surface area contributed by atoms with Crippen LogP contribution in [-0.4, -0.2) is 17.5 Å². The summed E-state index contributed by atoms with van der Waals surface area (Å²) in [4.78, 5) is 0. The van der Waals surface area contributed by atoms with E-state index < -0.39 is 0 Å². The molecule has 0 unspecified atom stereocenters. The molecular formula is C10H19BrO. The molecule has 1 fully saturated rings. The topological polar surface area (TPSA) is 9.23 Å². The van der Waals surface area contributed by atoms with Crippen molar-refractivity contribution in [1.29, 1.82) is 0 Å². The molecule has 72 valence electrons. The maximum absolute atomic E-state index is 5.85. The molecule has 0 spiro atoms. The van der Waals surface area contributed by atoms with Crippen LogP contribution < -0.4 is 0 Å². The Morgan fingerprint density at radius 2 is 1.75 bits per heavy atom. The quantitative estimate of drug-likeness (QED) is 0.537. The molecule has 12 heavy (non-hydrogen) atoms. The van der Waals surface area contributed by atoms with Crippen LogP contribution in [0.4, 0.5) is 0 Å². The zero-order valence-electron chi connectivity index (χ0n) is 7.94. The van der Waals surface area contributed by atoms with E-state index in [2.05, 4.69) is 22.9 Å². The minimum absolute atomic E-state index is 0.172. The second kappa shape index (κ2) is 5.23. The lowest BCUT2D eigenvalue weighted by atomic mass is 9.97. The number of rotatable bonds is 3. The Bertz CT molecular complexity index is 117. The van der Waals surface area contributed by atoms with E-state index in [0.29, 0.717) is 0 Å². The predicted molar refractivity (Wildman–Crippen MR) is 55.9 cm³/mol. The normalized spacial score (nSPS) is 23.5. The Morgan fingerprint density at radius 1 is 1.17 bits per heavy atom. The highest BCUT2D eigenvalue weighted by molar-refractivity contribution is 9.09. The second-order valence-electron chi connectivity index (χ2n) is 3.66. The lowest BCUT2D eigenvalue weighted by molar-refractivity contribution is -0.0305. The van der Waals surface area contributed by atoms with Crippen LogP contribution in [0, 0.1) is 0 Å². The van der Waals surface area contributed by atoms with Gasteiger partial charge < -0.3 is 4.74 Å². The molecule has 1 aliphatic carbocycles. The molecule has 0 atom stereocenters. The molecule has 0 aromatic carbocycles. The highest BCUT2D eigenvalue weighted by Crippen LogP contribution is 2.31. The first kappa shape index (κ1) is 10.5. The molecule has 1 saturated carbocycles. The Labute approximate surface area is 84.0 Å². The minimum atomic E-state index is 0.172. The van der Waals surface area contributed by atoms with Crippen molar-refractivity contribution in [2.24, 2.45) is 0 Å². The van der Waals surface area contributed by atoms with Crippen LogP contribution in [0.5, 0.6) is 0 Å². The van der Waals surface area contributed by atoms with Crippen molar-refractivity contribution < 1.29 is 4.74 Å². The molecule has 1 rings (SSSR count). The second-order valence-corrected chi connectivity index (χ2v) is 4.22. The number of hydrogen-bond acceptors (Lipinski definition) is 1. The van der Waals surface area contributed by atoms with Gasteiger partial charge in [0.25, 0.3) is 0 Å². The lowest BCUT2D eigenvalue weighted by Crippen LogP contribution is -2.33. The van der Waals surface area contributed by atoms with Crippen LogP contribution in [-0.2, 0) is 4.74 Å². The van der Waals surface area contributed by atoms with E-state index in [0.717, 1.165) is 11.9 Å². The van der Waals surface area contributed by atoms with Crippen molar-refractivity contribution >= 4 is 15.9 Å². The maximum atomic E-state index is 5.85. The number of halogens is 1. The summed E-state index contributed by atoms with van der Waals surface area (Å²) in [5.41, 5.74) is 0.172. The van der Waals surface area contributed by atoms with Gasteiger partial charge in [-0.3, -0.25) is 0 Å². The molecule has 1 nitrogen and oxygen atoms in total. The summed E-state index contributed by atoms with van der Waals surface area (Å²) in [6.07, 6.45) is 7.94. The average Bonchev–Trinajstić information content (AvgIpc) is 2.32. The van der Waals surface area contributed by atoms with E-state index in [9.17, 15) is 0 Å². The van der Waals surface area contributed by atoms with Gasteiger partial charge in [0.15, 0.2) is 0 Å². The van der Waals surface area contributed by atoms with Crippen LogP contribution in [0.25, 0.3) is 0 Å². The molecule has 0 amide bonds. The van der Waals surface area contributed by atoms with Crippen LogP contribution in [0.3, 0.4) is 0 Å². The van der Waals surface area contributed by atoms with Crippen molar-refractivity contribution in [3.63, 3.8) is 0 Å². The fraction of sp³-hybridized carbons (Fsp3) is 1.00. The molecule has 0 aliphatic heterocycles. The van der Waals surface area contributed by atoms with Crippen molar-refractivity contribution in [3.05, 3.63) is 0 Å². The lowest BCUT2D eigenvalue weighted by Gasteiger charge is -2.30. The molecular weight excluding hydrogens is 216 g/mol. The standard InChI is InChI=1S/C10H19BrO/c1-2-12-10(9-11)7-5-3-4-6-8-10/h2-9H2,1H3. The molecule has 0 aromatic heterocycles. The van der Waals surface area contributed by atoms with Gasteiger partial charge in [0.1, 0.15) is 0 Å². The predicted octanol–water partition coefficient (Wildman–Crippen LogP) is 3.51. The van der Waals surface area contributed by atoms with Gasteiger partial charge in [-0.15, -0.1) is 0 Å². The Kier molecular flexibility index (Phi) is 4.59. The molecule has 2 heteroatoms. The van der Waals surface area contributed by atoms with Gasteiger partial charge in [0, 0.05) is 11.9 Å². The maximum Gasteiger partial charge on any atom is 0.0778 e. The van der Waals surface area contributed by atoms with Crippen LogP contribution in [0.15, 0.2) is 0 Å². The molecule has 1 aliphatic rings. The van der Waals surface area contributed by atoms with Crippen LogP contribution in [0.1, 0.15) is 45.4 Å². The Hall–Kier alpha value is 0.440. The molecule has 0 radical (unpaired) electrons. The summed E-state index contributed by atoms with van der Waals surface area (Å²) < 4.78 is 5.85. The highest BCUT2D eigenvalue weighted by Gasteiger charge is 2.29. The number of ether oxygens (including phenoxy) is 1. The minimum Gasteiger partial charge on any atom is -0.374 e. The van der Waals surface area contributed by atoms with E-state index in [4.69, 9.17) is 4.74 Å². The van der Waals surface area contributed by atoms with E-state index >= 15 is 0 Å². The fourth-order valence-corrected chi connectivity index (χ4v) is 2.72. The van der Waals surface area contributed by atoms with E-state index in [1.54, 1.807) is 0 Å². The summed E-state index contributed by atoms with van der Waals surface area (Å²) in [5.74, 6) is 0. The van der Waals surface area contributed by atoms with Crippen LogP contribution in [0.2, 0.25) is 0 Å². The highest BCUT2D eigenvalue weighted by atomic mass is 79.9. The van der Waals surface area contributed by atoms with Crippen LogP contribution >= 0.6 is 15.9 Å². The third-order valence-corrected chi connectivity index (χ3v) is 3.73. The molecule has 0 heterocycles. The number of alkyl halides is 1. The monoisotopic (exact) mass is 234 g/mol. The summed E-state index contributed by atoms with van der Waals surface area (Å²) in [7, 11) is 0. The first-order chi connectivity index (χ1) is 5.83. The van der Waals surface area contributed by atoms with E-state index in [1.165, 1.54) is 38.5 Å². The van der Waals surface area contributed by atoms with Crippen molar-refractivity contribution in [2.75, 3.05) is 11.9 Å². The zero-order chi connectivity index (χ0) is 8.86. The SMILES string of the molecule is CCOC1(CBr)CCCCCC1. The molecule has 0 bridgehead atoms. The van der Waals surface area contributed by atoms with Gasteiger partial charge >= 0.3 is 0 Å². The summed E-state index contributed by atoms with van der Waals surface area (Å²) in [5, 5.41) is 1.01. The third kappa shape index (κ3) is 2.74. The van der Waals surface area contributed by atoms with E-state index in [-0.39, 0.29) is 5.60 Å². The molecule has 0 aromatic rings. The Morgan fingerprint density at radius 3 is 2.17 bits per heavy atom. The van der Waals surface area contributed by atoms with Gasteiger partial charge in [-0.2, -0.15) is 0 Å². The van der Waals surface area contributed by atoms with Crippen molar-refractivity contribution in [1.82, 2.24) is 0 Å². The third-order valence-electron chi connectivity index (χ3n) is 2.71. The van der Waals surface area contributed by atoms with Gasteiger partial charge in [-0.05, 0) is 19.8 Å². The van der Waals surface area contributed by atoms with Gasteiger partial charge in [0.2, 0.25) is 0 Å². The molecule has 0 N–H and O–H groups in total.